The molecule has 0 radical (unpaired) electrons. The van der Waals surface area contributed by atoms with Crippen molar-refractivity contribution in [1.82, 2.24) is 5.32 Å². The van der Waals surface area contributed by atoms with Gasteiger partial charge in [0.15, 0.2) is 0 Å². The molecule has 0 saturated carbocycles. The fourth-order valence-corrected chi connectivity index (χ4v) is 3.38. The molecular weight excluding hydrogens is 378 g/mol. The standard InChI is InChI=1S/C25H27NO4/c1-7-10-22-21(9-3)23(27)26-25(22,18(8-2)12-11-17(4)5)19-13-15-20(16-14-19)30-24(28)29-6/h7-16H,1-2H2,3-6H3,(H,26,27)/b18-12+,21-9+,22-10+. The van der Waals surface area contributed by atoms with Crippen LogP contribution in [0.4, 0.5) is 4.79 Å². The van der Waals surface area contributed by atoms with E-state index in [1.807, 2.05) is 39.0 Å². The predicted octanol–water partition coefficient (Wildman–Crippen LogP) is 5.29. The fraction of sp³-hybridized carbons (Fsp3) is 0.200. The van der Waals surface area contributed by atoms with Gasteiger partial charge in [-0.2, -0.15) is 0 Å². The van der Waals surface area contributed by atoms with Crippen molar-refractivity contribution in [3.8, 4) is 5.75 Å². The van der Waals surface area contributed by atoms with Crippen LogP contribution in [0.15, 0.2) is 96.2 Å². The number of ether oxygens (including phenoxy) is 2. The summed E-state index contributed by atoms with van der Waals surface area (Å²) in [5, 5.41) is 3.14. The zero-order chi connectivity index (χ0) is 22.3. The van der Waals surface area contributed by atoms with Gasteiger partial charge in [-0.15, -0.1) is 0 Å². The molecule has 1 aromatic rings. The first-order chi connectivity index (χ1) is 14.3. The maximum atomic E-state index is 12.9. The van der Waals surface area contributed by atoms with E-state index >= 15 is 0 Å². The van der Waals surface area contributed by atoms with Crippen LogP contribution in [0.25, 0.3) is 0 Å². The molecule has 1 N–H and O–H groups in total. The van der Waals surface area contributed by atoms with Gasteiger partial charge in [0.25, 0.3) is 5.91 Å². The van der Waals surface area contributed by atoms with Gasteiger partial charge in [0.2, 0.25) is 0 Å². The molecule has 2 rings (SSSR count). The molecule has 1 amide bonds. The summed E-state index contributed by atoms with van der Waals surface area (Å²) in [5.41, 5.74) is 3.05. The van der Waals surface area contributed by atoms with E-state index in [-0.39, 0.29) is 5.91 Å². The van der Waals surface area contributed by atoms with Crippen LogP contribution in [-0.2, 0) is 15.1 Å². The molecule has 156 valence electrons. The molecule has 1 saturated heterocycles. The maximum Gasteiger partial charge on any atom is 0.513 e. The quantitative estimate of drug-likeness (QED) is 0.302. The van der Waals surface area contributed by atoms with Crippen molar-refractivity contribution >= 4 is 12.1 Å². The number of benzene rings is 1. The van der Waals surface area contributed by atoms with Gasteiger partial charge in [-0.3, -0.25) is 4.79 Å². The van der Waals surface area contributed by atoms with Crippen LogP contribution in [0.2, 0.25) is 0 Å². The van der Waals surface area contributed by atoms with Crippen molar-refractivity contribution in [2.24, 2.45) is 0 Å². The summed E-state index contributed by atoms with van der Waals surface area (Å²) in [4.78, 5) is 24.3. The highest BCUT2D eigenvalue weighted by Gasteiger charge is 2.48. The lowest BCUT2D eigenvalue weighted by Crippen LogP contribution is -2.41. The average Bonchev–Trinajstić information content (AvgIpc) is 3.01. The second kappa shape index (κ2) is 9.74. The Morgan fingerprint density at radius 1 is 1.13 bits per heavy atom. The highest BCUT2D eigenvalue weighted by molar-refractivity contribution is 6.04. The van der Waals surface area contributed by atoms with Crippen molar-refractivity contribution in [1.29, 1.82) is 0 Å². The highest BCUT2D eigenvalue weighted by Crippen LogP contribution is 2.45. The van der Waals surface area contributed by atoms with Crippen molar-refractivity contribution in [3.05, 3.63) is 102 Å². The van der Waals surface area contributed by atoms with Crippen LogP contribution in [0, 0.1) is 0 Å². The smallest absolute Gasteiger partial charge is 0.437 e. The Morgan fingerprint density at radius 3 is 2.30 bits per heavy atom. The summed E-state index contributed by atoms with van der Waals surface area (Å²) in [6.07, 6.45) is 10.1. The summed E-state index contributed by atoms with van der Waals surface area (Å²) in [7, 11) is 1.25. The topological polar surface area (TPSA) is 64.6 Å². The van der Waals surface area contributed by atoms with E-state index in [1.165, 1.54) is 7.11 Å². The highest BCUT2D eigenvalue weighted by atomic mass is 16.7. The number of rotatable bonds is 6. The number of hydrogen-bond donors (Lipinski definition) is 1. The van der Waals surface area contributed by atoms with Gasteiger partial charge < -0.3 is 14.8 Å². The van der Waals surface area contributed by atoms with Crippen molar-refractivity contribution in [2.45, 2.75) is 26.3 Å². The van der Waals surface area contributed by atoms with Crippen molar-refractivity contribution in [2.75, 3.05) is 7.11 Å². The van der Waals surface area contributed by atoms with E-state index in [0.29, 0.717) is 11.3 Å². The Balaban J connectivity index is 2.76. The molecule has 1 atom stereocenters. The first kappa shape index (κ1) is 22.7. The molecule has 1 fully saturated rings. The van der Waals surface area contributed by atoms with Gasteiger partial charge in [0.1, 0.15) is 11.3 Å². The molecule has 1 heterocycles. The van der Waals surface area contributed by atoms with Gasteiger partial charge in [-0.25, -0.2) is 4.79 Å². The normalized spacial score (nSPS) is 21.2. The molecule has 1 aliphatic heterocycles. The Labute approximate surface area is 177 Å². The molecule has 5 heteroatoms. The zero-order valence-electron chi connectivity index (χ0n) is 17.8. The van der Waals surface area contributed by atoms with E-state index in [2.05, 4.69) is 23.2 Å². The monoisotopic (exact) mass is 405 g/mol. The van der Waals surface area contributed by atoms with Gasteiger partial charge in [0.05, 0.1) is 7.11 Å². The van der Waals surface area contributed by atoms with Crippen LogP contribution < -0.4 is 10.1 Å². The molecular formula is C25H27NO4. The number of allylic oxidation sites excluding steroid dienone is 6. The molecule has 30 heavy (non-hydrogen) atoms. The van der Waals surface area contributed by atoms with Crippen LogP contribution in [0.1, 0.15) is 26.3 Å². The Bertz CT molecular complexity index is 973. The van der Waals surface area contributed by atoms with E-state index < -0.39 is 11.7 Å². The third kappa shape index (κ3) is 4.35. The minimum atomic E-state index is -0.968. The Kier molecular flexibility index (Phi) is 7.37. The van der Waals surface area contributed by atoms with E-state index in [4.69, 9.17) is 4.74 Å². The summed E-state index contributed by atoms with van der Waals surface area (Å²) in [5.74, 6) is 0.143. The number of amides is 1. The second-order valence-corrected chi connectivity index (χ2v) is 6.87. The van der Waals surface area contributed by atoms with E-state index in [0.717, 1.165) is 22.3 Å². The van der Waals surface area contributed by atoms with Crippen LogP contribution in [0.3, 0.4) is 0 Å². The predicted molar refractivity (Wildman–Crippen MR) is 119 cm³/mol. The van der Waals surface area contributed by atoms with Gasteiger partial charge in [-0.1, -0.05) is 67.3 Å². The van der Waals surface area contributed by atoms with E-state index in [1.54, 1.807) is 42.5 Å². The minimum Gasteiger partial charge on any atom is -0.437 e. The van der Waals surface area contributed by atoms with Crippen molar-refractivity contribution < 1.29 is 19.1 Å². The van der Waals surface area contributed by atoms with Crippen molar-refractivity contribution in [3.63, 3.8) is 0 Å². The van der Waals surface area contributed by atoms with Gasteiger partial charge >= 0.3 is 6.16 Å². The molecule has 1 unspecified atom stereocenters. The average molecular weight is 405 g/mol. The Morgan fingerprint density at radius 2 is 1.80 bits per heavy atom. The maximum absolute atomic E-state index is 12.9. The lowest BCUT2D eigenvalue weighted by Gasteiger charge is -2.33. The lowest BCUT2D eigenvalue weighted by atomic mass is 9.76. The SMILES string of the molecule is C=C/C=C1\C(=C/C)C(=O)NC1(/C(C=C)=C/C=C(C)C)c1ccc(OC(=O)OC)cc1. The first-order valence-electron chi connectivity index (χ1n) is 9.50. The van der Waals surface area contributed by atoms with Crippen LogP contribution >= 0.6 is 0 Å². The van der Waals surface area contributed by atoms with E-state index in [9.17, 15) is 9.59 Å². The molecule has 1 aromatic carbocycles. The van der Waals surface area contributed by atoms with Gasteiger partial charge in [-0.05, 0) is 49.6 Å². The number of carbonyl (C=O) groups is 2. The summed E-state index contributed by atoms with van der Waals surface area (Å²) in [6, 6.07) is 6.91. The zero-order valence-corrected chi connectivity index (χ0v) is 17.8. The molecule has 5 nitrogen and oxygen atoms in total. The van der Waals surface area contributed by atoms with Crippen LogP contribution in [-0.4, -0.2) is 19.2 Å². The van der Waals surface area contributed by atoms with Crippen LogP contribution in [0.5, 0.6) is 5.75 Å². The molecule has 0 spiro atoms. The van der Waals surface area contributed by atoms with Gasteiger partial charge in [0, 0.05) is 5.57 Å². The third-order valence-electron chi connectivity index (χ3n) is 4.72. The Hall–Kier alpha value is -3.60. The number of hydrogen-bond acceptors (Lipinski definition) is 4. The minimum absolute atomic E-state index is 0.189. The second-order valence-electron chi connectivity index (χ2n) is 6.87. The summed E-state index contributed by atoms with van der Waals surface area (Å²) >= 11 is 0. The third-order valence-corrected chi connectivity index (χ3v) is 4.72. The summed E-state index contributed by atoms with van der Waals surface area (Å²) in [6.45, 7) is 13.6. The first-order valence-corrected chi connectivity index (χ1v) is 9.50. The molecule has 0 bridgehead atoms. The molecule has 1 aliphatic rings. The summed E-state index contributed by atoms with van der Waals surface area (Å²) < 4.78 is 9.61. The largest absolute Gasteiger partial charge is 0.513 e. The number of nitrogens with one attached hydrogen (secondary N) is 1. The molecule has 0 aromatic heterocycles. The lowest BCUT2D eigenvalue weighted by molar-refractivity contribution is -0.117. The fourth-order valence-electron chi connectivity index (χ4n) is 3.38. The number of carbonyl (C=O) groups excluding carboxylic acids is 2. The molecule has 0 aliphatic carbocycles. The number of methoxy groups -OCH3 is 1.